The Morgan fingerprint density at radius 1 is 1.08 bits per heavy atom. The molecule has 0 N–H and O–H groups in total. The molecule has 0 saturated carbocycles. The minimum Gasteiger partial charge on any atom is -0.284 e. The lowest BCUT2D eigenvalue weighted by Crippen LogP contribution is -2.25. The van der Waals surface area contributed by atoms with E-state index in [4.69, 9.17) is 0 Å². The highest BCUT2D eigenvalue weighted by molar-refractivity contribution is 9.10. The molecule has 24 heavy (non-hydrogen) atoms. The molecule has 0 atom stereocenters. The summed E-state index contributed by atoms with van der Waals surface area (Å²) in [5.41, 5.74) is 0.985. The molecule has 0 spiro atoms. The van der Waals surface area contributed by atoms with Gasteiger partial charge in [0.2, 0.25) is 0 Å². The fourth-order valence-corrected chi connectivity index (χ4v) is 3.04. The molecule has 2 nitrogen and oxygen atoms in total. The summed E-state index contributed by atoms with van der Waals surface area (Å²) < 4.78 is 40.0. The molecule has 0 bridgehead atoms. The maximum absolute atomic E-state index is 13.1. The summed E-state index contributed by atoms with van der Waals surface area (Å²) in [6.07, 6.45) is -4.96. The van der Waals surface area contributed by atoms with Gasteiger partial charge in [0.25, 0.3) is 5.78 Å². The van der Waals surface area contributed by atoms with Crippen molar-refractivity contribution in [2.24, 2.45) is 0 Å². The van der Waals surface area contributed by atoms with Gasteiger partial charge < -0.3 is 0 Å². The quantitative estimate of drug-likeness (QED) is 0.521. The molecule has 2 aromatic carbocycles. The van der Waals surface area contributed by atoms with Crippen LogP contribution in [0.1, 0.15) is 16.1 Å². The number of aryl methyl sites for hydroxylation is 1. The number of nitrogens with zero attached hydrogens (tertiary/aromatic N) is 1. The number of aromatic nitrogens is 1. The zero-order valence-corrected chi connectivity index (χ0v) is 14.1. The van der Waals surface area contributed by atoms with E-state index in [9.17, 15) is 18.0 Å². The highest BCUT2D eigenvalue weighted by atomic mass is 79.9. The van der Waals surface area contributed by atoms with Crippen molar-refractivity contribution in [3.63, 3.8) is 0 Å². The topological polar surface area (TPSA) is 30.0 Å². The van der Waals surface area contributed by atoms with Gasteiger partial charge in [-0.3, -0.25) is 9.78 Å². The molecule has 0 aliphatic carbocycles. The minimum atomic E-state index is -4.96. The van der Waals surface area contributed by atoms with Gasteiger partial charge in [-0.05, 0) is 30.7 Å². The molecule has 0 radical (unpaired) electrons. The van der Waals surface area contributed by atoms with Crippen molar-refractivity contribution in [2.75, 3.05) is 0 Å². The molecule has 0 saturated heterocycles. The largest absolute Gasteiger partial charge is 0.454 e. The molecule has 3 aromatic rings. The summed E-state index contributed by atoms with van der Waals surface area (Å²) in [5.74, 6) is -1.88. The Hall–Kier alpha value is -2.21. The average Bonchev–Trinajstić information content (AvgIpc) is 2.53. The van der Waals surface area contributed by atoms with E-state index in [2.05, 4.69) is 20.9 Å². The number of halogens is 4. The first kappa shape index (κ1) is 16.6. The first-order valence-corrected chi connectivity index (χ1v) is 7.85. The molecule has 0 aliphatic rings. The molecule has 1 heterocycles. The van der Waals surface area contributed by atoms with E-state index in [0.29, 0.717) is 20.9 Å². The second kappa shape index (κ2) is 6.02. The van der Waals surface area contributed by atoms with Crippen LogP contribution in [0.25, 0.3) is 22.0 Å². The molecular formula is C18H11BrF3NO. The Morgan fingerprint density at radius 3 is 2.38 bits per heavy atom. The number of hydrogen-bond donors (Lipinski definition) is 0. The van der Waals surface area contributed by atoms with E-state index in [1.807, 2.05) is 0 Å². The fraction of sp³-hybridized carbons (Fsp3) is 0.111. The van der Waals surface area contributed by atoms with Crippen molar-refractivity contribution in [3.8, 4) is 11.1 Å². The second-order valence-electron chi connectivity index (χ2n) is 5.30. The number of benzene rings is 2. The van der Waals surface area contributed by atoms with E-state index in [-0.39, 0.29) is 11.3 Å². The summed E-state index contributed by atoms with van der Waals surface area (Å²) >= 11 is 3.32. The van der Waals surface area contributed by atoms with Crippen molar-refractivity contribution in [2.45, 2.75) is 13.1 Å². The molecule has 0 fully saturated rings. The zero-order chi connectivity index (χ0) is 17.5. The normalized spacial score (nSPS) is 11.7. The van der Waals surface area contributed by atoms with Crippen molar-refractivity contribution >= 4 is 32.6 Å². The number of pyridine rings is 1. The first-order chi connectivity index (χ1) is 11.3. The van der Waals surface area contributed by atoms with Crippen LogP contribution in [0, 0.1) is 6.92 Å². The average molecular weight is 394 g/mol. The Balaban J connectivity index is 2.47. The third-order valence-electron chi connectivity index (χ3n) is 3.67. The standard InChI is InChI=1S/C18H11BrF3NO/c1-10-15(17(24)18(20,21)22)16(11-5-3-2-4-6-11)13-9-12(19)7-8-14(13)23-10/h2-9H,1H3. The van der Waals surface area contributed by atoms with Crippen LogP contribution in [0.4, 0.5) is 13.2 Å². The number of ketones is 1. The highest BCUT2D eigenvalue weighted by Crippen LogP contribution is 2.37. The van der Waals surface area contributed by atoms with Gasteiger partial charge in [-0.1, -0.05) is 46.3 Å². The van der Waals surface area contributed by atoms with Crippen molar-refractivity contribution in [1.29, 1.82) is 0 Å². The van der Waals surface area contributed by atoms with Crippen LogP contribution in [0.2, 0.25) is 0 Å². The lowest BCUT2D eigenvalue weighted by Gasteiger charge is -2.16. The number of Topliss-reactive ketones (excluding diaryl/α,β-unsaturated/α-hetero) is 1. The Labute approximate surface area is 144 Å². The number of hydrogen-bond acceptors (Lipinski definition) is 2. The van der Waals surface area contributed by atoms with E-state index in [1.165, 1.54) is 6.92 Å². The fourth-order valence-electron chi connectivity index (χ4n) is 2.68. The third-order valence-corrected chi connectivity index (χ3v) is 4.17. The molecule has 0 amide bonds. The monoisotopic (exact) mass is 393 g/mol. The number of alkyl halides is 3. The number of fused-ring (bicyclic) bond motifs is 1. The summed E-state index contributed by atoms with van der Waals surface area (Å²) in [6.45, 7) is 1.42. The SMILES string of the molecule is Cc1nc2ccc(Br)cc2c(-c2ccccc2)c1C(=O)C(F)(F)F. The Bertz CT molecular complexity index is 936. The van der Waals surface area contributed by atoms with Crippen molar-refractivity contribution in [3.05, 3.63) is 64.3 Å². The molecule has 0 unspecified atom stereocenters. The molecule has 3 rings (SSSR count). The number of carbonyl (C=O) groups excluding carboxylic acids is 1. The molecule has 122 valence electrons. The predicted molar refractivity (Wildman–Crippen MR) is 90.0 cm³/mol. The van der Waals surface area contributed by atoms with Gasteiger partial charge in [0.1, 0.15) is 0 Å². The van der Waals surface area contributed by atoms with Crippen LogP contribution in [0.15, 0.2) is 53.0 Å². The van der Waals surface area contributed by atoms with Gasteiger partial charge in [-0.2, -0.15) is 13.2 Å². The number of rotatable bonds is 2. The van der Waals surface area contributed by atoms with Gasteiger partial charge in [0.15, 0.2) is 0 Å². The number of carbonyl (C=O) groups is 1. The predicted octanol–water partition coefficient (Wildman–Crippen LogP) is 5.72. The smallest absolute Gasteiger partial charge is 0.284 e. The lowest BCUT2D eigenvalue weighted by molar-refractivity contribution is -0.0885. The zero-order valence-electron chi connectivity index (χ0n) is 12.5. The summed E-state index contributed by atoms with van der Waals surface area (Å²) in [4.78, 5) is 16.2. The highest BCUT2D eigenvalue weighted by Gasteiger charge is 2.42. The third kappa shape index (κ3) is 2.94. The van der Waals surface area contributed by atoms with E-state index in [1.54, 1.807) is 48.5 Å². The van der Waals surface area contributed by atoms with Crippen LogP contribution in [0.5, 0.6) is 0 Å². The molecule has 0 aliphatic heterocycles. The van der Waals surface area contributed by atoms with Gasteiger partial charge in [-0.15, -0.1) is 0 Å². The van der Waals surface area contributed by atoms with E-state index < -0.39 is 17.5 Å². The maximum atomic E-state index is 13.1. The van der Waals surface area contributed by atoms with Gasteiger partial charge in [0, 0.05) is 21.1 Å². The Kier molecular flexibility index (Phi) is 4.17. The molecule has 1 aromatic heterocycles. The van der Waals surface area contributed by atoms with Gasteiger partial charge in [-0.25, -0.2) is 0 Å². The Morgan fingerprint density at radius 2 is 1.75 bits per heavy atom. The van der Waals surface area contributed by atoms with E-state index in [0.717, 1.165) is 0 Å². The second-order valence-corrected chi connectivity index (χ2v) is 6.22. The lowest BCUT2D eigenvalue weighted by atomic mass is 9.92. The molecular weight excluding hydrogens is 383 g/mol. The van der Waals surface area contributed by atoms with Crippen molar-refractivity contribution < 1.29 is 18.0 Å². The molecule has 6 heteroatoms. The minimum absolute atomic E-state index is 0.0611. The summed E-state index contributed by atoms with van der Waals surface area (Å²) in [7, 11) is 0. The summed E-state index contributed by atoms with van der Waals surface area (Å²) in [5, 5.41) is 0.494. The van der Waals surface area contributed by atoms with E-state index >= 15 is 0 Å². The first-order valence-electron chi connectivity index (χ1n) is 7.06. The van der Waals surface area contributed by atoms with Crippen LogP contribution < -0.4 is 0 Å². The van der Waals surface area contributed by atoms with Crippen LogP contribution >= 0.6 is 15.9 Å². The van der Waals surface area contributed by atoms with Gasteiger partial charge in [0.05, 0.1) is 11.1 Å². The van der Waals surface area contributed by atoms with Crippen LogP contribution in [0.3, 0.4) is 0 Å². The van der Waals surface area contributed by atoms with Crippen molar-refractivity contribution in [1.82, 2.24) is 4.98 Å². The van der Waals surface area contributed by atoms with Crippen LogP contribution in [-0.2, 0) is 0 Å². The van der Waals surface area contributed by atoms with Gasteiger partial charge >= 0.3 is 6.18 Å². The maximum Gasteiger partial charge on any atom is 0.454 e. The van der Waals surface area contributed by atoms with Crippen LogP contribution in [-0.4, -0.2) is 16.9 Å². The summed E-state index contributed by atoms with van der Waals surface area (Å²) in [6, 6.07) is 13.7.